The lowest BCUT2D eigenvalue weighted by molar-refractivity contribution is 1.07. The molecule has 0 aliphatic heterocycles. The summed E-state index contributed by atoms with van der Waals surface area (Å²) in [6.45, 7) is 0. The summed E-state index contributed by atoms with van der Waals surface area (Å²) in [5.41, 5.74) is 3.40. The topological polar surface area (TPSA) is 51.6 Å². The number of benzene rings is 8. The van der Waals surface area contributed by atoms with Gasteiger partial charge in [0.2, 0.25) is 0 Å². The van der Waals surface area contributed by atoms with Crippen LogP contribution in [0.4, 0.5) is 0 Å². The van der Waals surface area contributed by atoms with Crippen molar-refractivity contribution in [1.29, 1.82) is 0 Å². The van der Waals surface area contributed by atoms with Crippen molar-refractivity contribution < 1.29 is 0 Å². The van der Waals surface area contributed by atoms with Crippen molar-refractivity contribution in [3.05, 3.63) is 156 Å². The lowest BCUT2D eigenvalue weighted by Gasteiger charge is -2.11. The highest BCUT2D eigenvalue weighted by Gasteiger charge is 2.11. The Morgan fingerprint density at radius 3 is 1.04 bits per heavy atom. The van der Waals surface area contributed by atoms with Crippen LogP contribution in [0.5, 0.6) is 0 Å². The van der Waals surface area contributed by atoms with Crippen molar-refractivity contribution in [2.45, 2.75) is 0 Å². The standard InChI is InChI=1S/C44H22N4/c1-3-31-15-17-35-13-11-29(37-21-19-33(5-1)39(31)41(35)37)9-7-27-23-45-43(46-24-27)44-47-25-28(26-48-44)8-10-30-12-14-36-18-16-32-4-2-6-34-20-22-38(30)42(36)40(32)34/h1-6,11-26H. The quantitative estimate of drug-likeness (QED) is 0.138. The molecule has 0 aliphatic rings. The molecule has 0 amide bonds. The minimum absolute atomic E-state index is 0.439. The highest BCUT2D eigenvalue weighted by molar-refractivity contribution is 6.25. The Morgan fingerprint density at radius 2 is 0.646 bits per heavy atom. The second kappa shape index (κ2) is 10.3. The summed E-state index contributed by atoms with van der Waals surface area (Å²) in [6.07, 6.45) is 6.87. The SMILES string of the molecule is C(#Cc1ccc2ccc3cccc4ccc1c2c34)c1cnc(-c2ncc(C#Cc3ccc4ccc5cccc6ccc3c4c56)cn2)nc1. The van der Waals surface area contributed by atoms with E-state index in [2.05, 4.69) is 153 Å². The molecule has 2 heterocycles. The maximum atomic E-state index is 4.51. The summed E-state index contributed by atoms with van der Waals surface area (Å²) >= 11 is 0. The van der Waals surface area contributed by atoms with Gasteiger partial charge in [0.25, 0.3) is 0 Å². The van der Waals surface area contributed by atoms with Gasteiger partial charge in [-0.3, -0.25) is 0 Å². The normalized spacial score (nSPS) is 11.4. The van der Waals surface area contributed by atoms with Gasteiger partial charge in [-0.25, -0.2) is 19.9 Å². The average molecular weight is 607 g/mol. The molecular weight excluding hydrogens is 585 g/mol. The zero-order chi connectivity index (χ0) is 31.6. The minimum Gasteiger partial charge on any atom is -0.232 e. The fourth-order valence-electron chi connectivity index (χ4n) is 6.98. The molecule has 0 aliphatic carbocycles. The van der Waals surface area contributed by atoms with Gasteiger partial charge in [-0.1, -0.05) is 121 Å². The molecule has 0 saturated carbocycles. The lowest BCUT2D eigenvalue weighted by atomic mass is 9.92. The molecule has 0 radical (unpaired) electrons. The van der Waals surface area contributed by atoms with Crippen LogP contribution >= 0.6 is 0 Å². The first kappa shape index (κ1) is 26.3. The highest BCUT2D eigenvalue weighted by atomic mass is 15.0. The van der Waals surface area contributed by atoms with Crippen molar-refractivity contribution in [3.8, 4) is 35.3 Å². The zero-order valence-corrected chi connectivity index (χ0v) is 25.5. The third-order valence-electron chi connectivity index (χ3n) is 9.24. The summed E-state index contributed by atoms with van der Waals surface area (Å²) in [6, 6.07) is 38.8. The van der Waals surface area contributed by atoms with Crippen LogP contribution < -0.4 is 0 Å². The largest absolute Gasteiger partial charge is 0.232 e. The van der Waals surface area contributed by atoms with Crippen molar-refractivity contribution in [3.63, 3.8) is 0 Å². The van der Waals surface area contributed by atoms with Gasteiger partial charge < -0.3 is 0 Å². The van der Waals surface area contributed by atoms with Crippen LogP contribution in [0, 0.1) is 23.7 Å². The minimum atomic E-state index is 0.439. The number of aromatic nitrogens is 4. The van der Waals surface area contributed by atoms with Crippen LogP contribution in [-0.4, -0.2) is 19.9 Å². The van der Waals surface area contributed by atoms with E-state index in [1.165, 1.54) is 53.9 Å². The van der Waals surface area contributed by atoms with Gasteiger partial charge in [-0.05, 0) is 76.8 Å². The number of hydrogen-bond acceptors (Lipinski definition) is 4. The van der Waals surface area contributed by atoms with E-state index >= 15 is 0 Å². The molecule has 0 atom stereocenters. The Bertz CT molecular complexity index is 2750. The molecule has 2 aromatic heterocycles. The van der Waals surface area contributed by atoms with Gasteiger partial charge in [0.05, 0.1) is 11.1 Å². The number of nitrogens with zero attached hydrogens (tertiary/aromatic N) is 4. The highest BCUT2D eigenvalue weighted by Crippen LogP contribution is 2.37. The van der Waals surface area contributed by atoms with E-state index < -0.39 is 0 Å². The third-order valence-corrected chi connectivity index (χ3v) is 9.24. The monoisotopic (exact) mass is 606 g/mol. The Hall–Kier alpha value is -6.88. The van der Waals surface area contributed by atoms with Crippen LogP contribution in [0.25, 0.3) is 76.3 Å². The Balaban J connectivity index is 0.921. The summed E-state index contributed by atoms with van der Waals surface area (Å²) in [5.74, 6) is 14.1. The van der Waals surface area contributed by atoms with E-state index in [0.717, 1.165) is 33.0 Å². The van der Waals surface area contributed by atoms with Crippen LogP contribution in [0.3, 0.4) is 0 Å². The summed E-state index contributed by atoms with van der Waals surface area (Å²) in [4.78, 5) is 18.1. The molecule has 8 aromatic carbocycles. The second-order valence-electron chi connectivity index (χ2n) is 12.0. The molecule has 0 unspecified atom stereocenters. The van der Waals surface area contributed by atoms with Crippen molar-refractivity contribution in [1.82, 2.24) is 19.9 Å². The molecule has 4 nitrogen and oxygen atoms in total. The molecule has 4 heteroatoms. The van der Waals surface area contributed by atoms with E-state index in [1.54, 1.807) is 24.8 Å². The average Bonchev–Trinajstić information content (AvgIpc) is 3.15. The molecule has 0 fully saturated rings. The molecule has 10 aromatic rings. The summed E-state index contributed by atoms with van der Waals surface area (Å²) < 4.78 is 0. The van der Waals surface area contributed by atoms with E-state index in [0.29, 0.717) is 11.6 Å². The van der Waals surface area contributed by atoms with E-state index in [9.17, 15) is 0 Å². The fraction of sp³-hybridized carbons (Fsp3) is 0. The third kappa shape index (κ3) is 4.14. The first-order valence-electron chi connectivity index (χ1n) is 15.8. The predicted octanol–water partition coefficient (Wildman–Crippen LogP) is 9.53. The molecule has 218 valence electrons. The predicted molar refractivity (Wildman–Crippen MR) is 195 cm³/mol. The van der Waals surface area contributed by atoms with Crippen molar-refractivity contribution in [2.24, 2.45) is 0 Å². The van der Waals surface area contributed by atoms with E-state index in [4.69, 9.17) is 0 Å². The van der Waals surface area contributed by atoms with Gasteiger partial charge in [-0.2, -0.15) is 0 Å². The second-order valence-corrected chi connectivity index (χ2v) is 12.0. The smallest absolute Gasteiger partial charge is 0.197 e. The van der Waals surface area contributed by atoms with Crippen molar-refractivity contribution in [2.75, 3.05) is 0 Å². The van der Waals surface area contributed by atoms with Gasteiger partial charge in [0.1, 0.15) is 0 Å². The van der Waals surface area contributed by atoms with Crippen LogP contribution in [0.1, 0.15) is 22.3 Å². The maximum Gasteiger partial charge on any atom is 0.197 e. The van der Waals surface area contributed by atoms with Gasteiger partial charge in [0, 0.05) is 35.9 Å². The van der Waals surface area contributed by atoms with Gasteiger partial charge in [0.15, 0.2) is 11.6 Å². The molecule has 10 rings (SSSR count). The number of rotatable bonds is 1. The Labute approximate surface area is 275 Å². The molecular formula is C44H22N4. The zero-order valence-electron chi connectivity index (χ0n) is 25.5. The van der Waals surface area contributed by atoms with Crippen LogP contribution in [0.15, 0.2) is 134 Å². The van der Waals surface area contributed by atoms with Gasteiger partial charge >= 0.3 is 0 Å². The Morgan fingerprint density at radius 1 is 0.312 bits per heavy atom. The Kier molecular flexibility index (Phi) is 5.67. The van der Waals surface area contributed by atoms with Crippen LogP contribution in [0.2, 0.25) is 0 Å². The number of hydrogen-bond donors (Lipinski definition) is 0. The molecule has 48 heavy (non-hydrogen) atoms. The van der Waals surface area contributed by atoms with E-state index in [1.807, 2.05) is 0 Å². The summed E-state index contributed by atoms with van der Waals surface area (Å²) in [5, 5.41) is 14.8. The van der Waals surface area contributed by atoms with Crippen LogP contribution in [-0.2, 0) is 0 Å². The molecule has 0 bridgehead atoms. The van der Waals surface area contributed by atoms with Gasteiger partial charge in [-0.15, -0.1) is 0 Å². The fourth-order valence-corrected chi connectivity index (χ4v) is 6.98. The lowest BCUT2D eigenvalue weighted by Crippen LogP contribution is -1.96. The van der Waals surface area contributed by atoms with Crippen molar-refractivity contribution >= 4 is 64.6 Å². The summed E-state index contributed by atoms with van der Waals surface area (Å²) in [7, 11) is 0. The first-order valence-corrected chi connectivity index (χ1v) is 15.8. The first-order chi connectivity index (χ1) is 23.8. The molecule has 0 spiro atoms. The molecule has 0 saturated heterocycles. The maximum absolute atomic E-state index is 4.51. The molecule has 0 N–H and O–H groups in total. The van der Waals surface area contributed by atoms with E-state index in [-0.39, 0.29) is 0 Å².